The van der Waals surface area contributed by atoms with E-state index in [0.29, 0.717) is 0 Å². The second kappa shape index (κ2) is 6.91. The summed E-state index contributed by atoms with van der Waals surface area (Å²) in [6.07, 6.45) is 5.67. The number of quaternary nitrogens is 1. The molecular formula is C11H22N2. The van der Waals surface area contributed by atoms with Crippen LogP contribution in [0, 0.1) is 11.8 Å². The van der Waals surface area contributed by atoms with Gasteiger partial charge in [-0.05, 0) is 12.8 Å². The first-order valence-corrected chi connectivity index (χ1v) is 5.40. The molecule has 1 saturated heterocycles. The molecule has 0 N–H and O–H groups in total. The molecule has 0 atom stereocenters. The molecule has 0 bridgehead atoms. The first kappa shape index (κ1) is 12.4. The molecule has 0 aliphatic carbocycles. The van der Waals surface area contributed by atoms with Gasteiger partial charge in [-0.3, -0.25) is 0 Å². The van der Waals surface area contributed by atoms with E-state index in [4.69, 9.17) is 11.8 Å². The Morgan fingerprint density at radius 3 is 1.69 bits per heavy atom. The molecule has 2 heteroatoms. The van der Waals surface area contributed by atoms with Crippen LogP contribution in [0.5, 0.6) is 0 Å². The van der Waals surface area contributed by atoms with Crippen molar-refractivity contribution in [1.82, 2.24) is 0 Å². The average molecular weight is 182 g/mol. The smallest absolute Gasteiger partial charge is 0.0788 e. The maximum absolute atomic E-state index is 6.25. The highest BCUT2D eigenvalue weighted by Gasteiger charge is 2.29. The van der Waals surface area contributed by atoms with Gasteiger partial charge in [0.05, 0.1) is 26.2 Å². The Morgan fingerprint density at radius 2 is 1.38 bits per heavy atom. The Morgan fingerprint density at radius 1 is 1.00 bits per heavy atom. The number of nitrogens with zero attached hydrogens (tertiary/aromatic N) is 2. The summed E-state index contributed by atoms with van der Waals surface area (Å²) in [5.41, 5.74) is 0. The molecule has 1 aliphatic rings. The van der Waals surface area contributed by atoms with Crippen LogP contribution in [-0.2, 0) is 0 Å². The summed E-state index contributed by atoms with van der Waals surface area (Å²) in [5, 5.41) is 6.25. The Labute approximate surface area is 82.8 Å². The quantitative estimate of drug-likeness (QED) is 0.484. The highest BCUT2D eigenvalue weighted by molar-refractivity contribution is 4.54. The van der Waals surface area contributed by atoms with E-state index in [1.807, 2.05) is 0 Å². The third-order valence-corrected chi connectivity index (χ3v) is 2.91. The third-order valence-electron chi connectivity index (χ3n) is 2.91. The van der Waals surface area contributed by atoms with Crippen LogP contribution in [-0.4, -0.2) is 30.7 Å². The predicted molar refractivity (Wildman–Crippen MR) is 54.5 cm³/mol. The van der Waals surface area contributed by atoms with Gasteiger partial charge in [-0.15, -0.1) is 0 Å². The third kappa shape index (κ3) is 3.78. The van der Waals surface area contributed by atoms with Gasteiger partial charge >= 0.3 is 0 Å². The van der Waals surface area contributed by atoms with E-state index in [0.717, 1.165) is 0 Å². The fraction of sp³-hybridized carbons (Fsp3) is 0.909. The zero-order chi connectivity index (χ0) is 10.2. The highest BCUT2D eigenvalue weighted by atomic mass is 15.4. The Kier molecular flexibility index (Phi) is 6.62. The molecule has 1 heterocycles. The predicted octanol–water partition coefficient (Wildman–Crippen LogP) is 2.51. The van der Waals surface area contributed by atoms with Crippen LogP contribution in [0.1, 0.15) is 39.5 Å². The molecule has 0 radical (unpaired) electrons. The van der Waals surface area contributed by atoms with Gasteiger partial charge in [0.15, 0.2) is 0 Å². The van der Waals surface area contributed by atoms with Crippen molar-refractivity contribution in [3.05, 3.63) is 6.57 Å². The van der Waals surface area contributed by atoms with Crippen LogP contribution < -0.4 is 0 Å². The number of likely N-dealkylation sites (tertiary alicyclic amines) is 1. The number of hydrogen-bond donors (Lipinski definition) is 0. The minimum Gasteiger partial charge on any atom is -0.512 e. The fourth-order valence-electron chi connectivity index (χ4n) is 2.51. The largest absolute Gasteiger partial charge is 0.512 e. The fourth-order valence-corrected chi connectivity index (χ4v) is 2.51. The van der Waals surface area contributed by atoms with Gasteiger partial charge in [0, 0.05) is 12.8 Å². The lowest BCUT2D eigenvalue weighted by Crippen LogP contribution is -2.46. The topological polar surface area (TPSA) is 23.8 Å². The van der Waals surface area contributed by atoms with Crippen molar-refractivity contribution in [2.75, 3.05) is 26.2 Å². The molecule has 0 saturated carbocycles. The normalized spacial score (nSPS) is 19.1. The van der Waals surface area contributed by atoms with Crippen LogP contribution >= 0.6 is 0 Å². The van der Waals surface area contributed by atoms with Crippen molar-refractivity contribution in [3.63, 3.8) is 0 Å². The Bertz CT molecular complexity index is 126. The van der Waals surface area contributed by atoms with Crippen molar-refractivity contribution in [2.24, 2.45) is 0 Å². The van der Waals surface area contributed by atoms with Gasteiger partial charge in [-0.25, -0.2) is 0 Å². The second-order valence-corrected chi connectivity index (χ2v) is 3.94. The van der Waals surface area contributed by atoms with E-state index >= 15 is 0 Å². The standard InChI is InChI=1S/C10H22N.CN/c1-3-7-11(8-4-2)9-5-6-10-11;1-2/h3-10H2,1-2H3;/q+1;-1. The van der Waals surface area contributed by atoms with Gasteiger partial charge in [0.2, 0.25) is 0 Å². The minimum absolute atomic E-state index is 1.36. The molecule has 0 amide bonds. The molecule has 13 heavy (non-hydrogen) atoms. The zero-order valence-electron chi connectivity index (χ0n) is 9.05. The van der Waals surface area contributed by atoms with Gasteiger partial charge in [0.1, 0.15) is 0 Å². The van der Waals surface area contributed by atoms with Crippen molar-refractivity contribution < 1.29 is 4.48 Å². The van der Waals surface area contributed by atoms with Gasteiger partial charge in [0.25, 0.3) is 0 Å². The van der Waals surface area contributed by atoms with Crippen LogP contribution in [0.2, 0.25) is 0 Å². The summed E-state index contributed by atoms with van der Waals surface area (Å²) in [4.78, 5) is 0. The summed E-state index contributed by atoms with van der Waals surface area (Å²) in [6.45, 7) is 15.1. The molecule has 2 nitrogen and oxygen atoms in total. The molecule has 0 aromatic heterocycles. The molecule has 1 fully saturated rings. The number of rotatable bonds is 4. The Hall–Kier alpha value is -0.550. The number of hydrogen-bond acceptors (Lipinski definition) is 1. The van der Waals surface area contributed by atoms with E-state index in [1.54, 1.807) is 0 Å². The minimum atomic E-state index is 1.36. The van der Waals surface area contributed by atoms with Crippen LogP contribution in [0.25, 0.3) is 0 Å². The second-order valence-electron chi connectivity index (χ2n) is 3.94. The average Bonchev–Trinajstić information content (AvgIpc) is 2.58. The molecule has 76 valence electrons. The summed E-state index contributed by atoms with van der Waals surface area (Å²) in [7, 11) is 0. The van der Waals surface area contributed by atoms with Crippen molar-refractivity contribution in [3.8, 4) is 0 Å². The van der Waals surface area contributed by atoms with E-state index in [-0.39, 0.29) is 0 Å². The van der Waals surface area contributed by atoms with Crippen LogP contribution in [0.3, 0.4) is 0 Å². The summed E-state index contributed by atoms with van der Waals surface area (Å²) in [5.74, 6) is 0. The van der Waals surface area contributed by atoms with E-state index in [9.17, 15) is 0 Å². The lowest BCUT2D eigenvalue weighted by atomic mass is 10.3. The summed E-state index contributed by atoms with van der Waals surface area (Å²) >= 11 is 0. The van der Waals surface area contributed by atoms with Crippen molar-refractivity contribution in [1.29, 1.82) is 5.26 Å². The summed E-state index contributed by atoms with van der Waals surface area (Å²) in [6, 6.07) is 0. The van der Waals surface area contributed by atoms with Crippen molar-refractivity contribution in [2.45, 2.75) is 39.5 Å². The maximum atomic E-state index is 6.25. The first-order chi connectivity index (χ1) is 6.33. The molecule has 0 aromatic carbocycles. The molecule has 0 spiro atoms. The molecule has 0 aromatic rings. The van der Waals surface area contributed by atoms with Gasteiger partial charge in [-0.1, -0.05) is 13.8 Å². The molecule has 1 rings (SSSR count). The van der Waals surface area contributed by atoms with E-state index in [2.05, 4.69) is 13.8 Å². The lowest BCUT2D eigenvalue weighted by molar-refractivity contribution is -0.916. The van der Waals surface area contributed by atoms with E-state index in [1.165, 1.54) is 56.3 Å². The summed E-state index contributed by atoms with van der Waals surface area (Å²) < 4.78 is 1.44. The van der Waals surface area contributed by atoms with Crippen LogP contribution in [0.15, 0.2) is 0 Å². The first-order valence-electron chi connectivity index (χ1n) is 5.40. The Balaban J connectivity index is 0.000000671. The van der Waals surface area contributed by atoms with E-state index < -0.39 is 0 Å². The van der Waals surface area contributed by atoms with Gasteiger partial charge in [-0.2, -0.15) is 0 Å². The lowest BCUT2D eigenvalue weighted by Gasteiger charge is -2.33. The molecular weight excluding hydrogens is 160 g/mol. The highest BCUT2D eigenvalue weighted by Crippen LogP contribution is 2.20. The SMILES string of the molecule is CCC[N+]1(CCC)CCCC1.[C-]#N. The molecule has 0 unspecified atom stereocenters. The monoisotopic (exact) mass is 182 g/mol. The molecule has 1 aliphatic heterocycles. The van der Waals surface area contributed by atoms with Crippen molar-refractivity contribution >= 4 is 0 Å². The maximum Gasteiger partial charge on any atom is 0.0788 e. The van der Waals surface area contributed by atoms with Crippen LogP contribution in [0.4, 0.5) is 0 Å². The van der Waals surface area contributed by atoms with Gasteiger partial charge < -0.3 is 16.3 Å². The zero-order valence-corrected chi connectivity index (χ0v) is 9.05.